The van der Waals surface area contributed by atoms with Gasteiger partial charge in [0.15, 0.2) is 0 Å². The van der Waals surface area contributed by atoms with Gasteiger partial charge in [-0.3, -0.25) is 14.8 Å². The molecule has 39 heavy (non-hydrogen) atoms. The molecule has 0 spiro atoms. The van der Waals surface area contributed by atoms with Gasteiger partial charge < -0.3 is 10.5 Å². The molecular formula is C27H30AgF4N5O2+. The Morgan fingerprint density at radius 2 is 1.23 bits per heavy atom. The zero-order chi connectivity index (χ0) is 28.3. The van der Waals surface area contributed by atoms with E-state index in [0.717, 1.165) is 5.69 Å². The van der Waals surface area contributed by atoms with E-state index in [-0.39, 0.29) is 17.0 Å². The Hall–Kier alpha value is -4.03. The van der Waals surface area contributed by atoms with E-state index in [9.17, 15) is 19.6 Å². The molecule has 0 radical (unpaired) electrons. The van der Waals surface area contributed by atoms with E-state index in [4.69, 9.17) is 0 Å². The van der Waals surface area contributed by atoms with Gasteiger partial charge in [0.25, 0.3) is 0 Å². The van der Waals surface area contributed by atoms with Gasteiger partial charge in [0, 0.05) is 54.5 Å². The van der Waals surface area contributed by atoms with Crippen molar-refractivity contribution >= 4 is 0 Å². The molecule has 4 N–H and O–H groups in total. The molecule has 5 heterocycles. The summed E-state index contributed by atoms with van der Waals surface area (Å²) in [7, 11) is 0. The van der Waals surface area contributed by atoms with E-state index in [2.05, 4.69) is 24.9 Å². The van der Waals surface area contributed by atoms with Gasteiger partial charge in [0.1, 0.15) is 0 Å². The summed E-state index contributed by atoms with van der Waals surface area (Å²) in [6, 6.07) is 24.5. The first-order valence-corrected chi connectivity index (χ1v) is 11.8. The Balaban J connectivity index is 0. The average Bonchev–Trinajstić information content (AvgIpc) is 2.95. The van der Waals surface area contributed by atoms with Crippen molar-refractivity contribution in [2.45, 2.75) is 13.8 Å². The summed E-state index contributed by atoms with van der Waals surface area (Å²) in [5, 5.41) is 0. The van der Waals surface area contributed by atoms with Crippen LogP contribution in [0.2, 0.25) is 0 Å². The molecule has 0 amide bonds. The number of aromatic amines is 1. The number of rotatable bonds is 0. The van der Waals surface area contributed by atoms with Crippen LogP contribution in [0.25, 0.3) is 0 Å². The molecule has 0 saturated carbocycles. The largest absolute Gasteiger partial charge is 0.457 e. The van der Waals surface area contributed by atoms with Gasteiger partial charge in [-0.05, 0) is 62.4 Å². The molecule has 5 aromatic heterocycles. The number of pyridine rings is 5. The fraction of sp³-hybridized carbons (Fsp3) is 0.0741. The van der Waals surface area contributed by atoms with E-state index in [1.807, 2.05) is 43.3 Å². The molecule has 5 aromatic rings. The van der Waals surface area contributed by atoms with Crippen LogP contribution >= 0.6 is 0 Å². The number of nitrogens with zero attached hydrogens (tertiary/aromatic N) is 4. The molecule has 0 bridgehead atoms. The van der Waals surface area contributed by atoms with Crippen molar-refractivity contribution in [1.29, 1.82) is 0 Å². The SMILES string of the molecule is Cc1ccccn1.Cc1cccnc1F.Fc1ccccn1.O=c1cccc[nH]1.[F][Ag][F].[OH3+].c1ccncc1. The monoisotopic (exact) mass is 639 g/mol. The number of H-pyrrole nitrogens is 1. The standard InChI is InChI=1S/C6H6FN.C6H7N.C5H4FN.C5H5NO.C5H5N.Ag.2FH.H2O/c1-5-3-2-4-8-6(5)7;1-6-4-2-3-5-7-6;6-5-3-1-2-4-7-5;7-5-3-1-2-4-6-5;1-2-4-6-5-3-1;;;;/h2-4H,1H3;2-5H,1H3;1-4H;1-4H,(H,6,7);1-5H;;2*1H;1H2/q;;;;;+2;;;/p-1. The molecule has 0 aromatic carbocycles. The second-order valence-corrected chi connectivity index (χ2v) is 6.74. The molecule has 5 rings (SSSR count). The number of halogens is 4. The van der Waals surface area contributed by atoms with Crippen molar-refractivity contribution in [2.24, 2.45) is 0 Å². The van der Waals surface area contributed by atoms with Gasteiger partial charge in [-0.2, -0.15) is 8.78 Å². The van der Waals surface area contributed by atoms with Crippen LogP contribution in [0.4, 0.5) is 14.8 Å². The summed E-state index contributed by atoms with van der Waals surface area (Å²) in [5.41, 5.74) is 1.61. The molecule has 213 valence electrons. The van der Waals surface area contributed by atoms with Crippen molar-refractivity contribution in [2.75, 3.05) is 0 Å². The summed E-state index contributed by atoms with van der Waals surface area (Å²) < 4.78 is 43.3. The third-order valence-corrected chi connectivity index (χ3v) is 3.63. The second kappa shape index (κ2) is 27.0. The predicted molar refractivity (Wildman–Crippen MR) is 140 cm³/mol. The molecule has 0 aliphatic rings. The van der Waals surface area contributed by atoms with Crippen molar-refractivity contribution in [1.82, 2.24) is 24.9 Å². The molecule has 0 atom stereocenters. The zero-order valence-electron chi connectivity index (χ0n) is 21.1. The van der Waals surface area contributed by atoms with E-state index in [1.165, 1.54) is 24.5 Å². The van der Waals surface area contributed by atoms with Crippen LogP contribution in [0.1, 0.15) is 11.3 Å². The molecule has 0 unspecified atom stereocenters. The molecule has 0 saturated heterocycles. The topological polar surface area (TPSA) is 117 Å². The maximum absolute atomic E-state index is 12.2. The van der Waals surface area contributed by atoms with Crippen LogP contribution in [0, 0.1) is 25.7 Å². The van der Waals surface area contributed by atoms with Crippen LogP contribution in [-0.4, -0.2) is 24.9 Å². The first kappa shape index (κ1) is 37.1. The van der Waals surface area contributed by atoms with Crippen molar-refractivity contribution in [3.63, 3.8) is 0 Å². The molecule has 0 aliphatic carbocycles. The number of nitrogens with one attached hydrogen (secondary N) is 1. The number of aryl methyl sites for hydroxylation is 2. The van der Waals surface area contributed by atoms with Gasteiger partial charge in [-0.15, -0.1) is 0 Å². The number of hydrogen-bond donors (Lipinski definition) is 1. The van der Waals surface area contributed by atoms with Gasteiger partial charge in [-0.25, -0.2) is 9.97 Å². The minimum absolute atomic E-state index is 0. The Bertz CT molecular complexity index is 1140. The van der Waals surface area contributed by atoms with Crippen LogP contribution in [0.3, 0.4) is 0 Å². The number of aromatic nitrogens is 5. The fourth-order valence-corrected chi connectivity index (χ4v) is 1.95. The van der Waals surface area contributed by atoms with E-state index in [0.29, 0.717) is 5.56 Å². The zero-order valence-corrected chi connectivity index (χ0v) is 22.6. The smallest absolute Gasteiger partial charge is 0.0267 e. The Kier molecular flexibility index (Phi) is 25.7. The molecule has 7 nitrogen and oxygen atoms in total. The first-order chi connectivity index (χ1) is 18.4. The molecule has 0 fully saturated rings. The van der Waals surface area contributed by atoms with Crippen LogP contribution in [0.15, 0.2) is 127 Å². The van der Waals surface area contributed by atoms with Crippen LogP contribution in [0.5, 0.6) is 0 Å². The van der Waals surface area contributed by atoms with E-state index >= 15 is 0 Å². The average molecular weight is 640 g/mol. The van der Waals surface area contributed by atoms with Crippen molar-refractivity contribution < 1.29 is 41.2 Å². The third kappa shape index (κ3) is 25.4. The van der Waals surface area contributed by atoms with Crippen LogP contribution in [-0.2, 0) is 26.3 Å². The van der Waals surface area contributed by atoms with Crippen LogP contribution < -0.4 is 5.56 Å². The third-order valence-electron chi connectivity index (χ3n) is 3.63. The number of hydrogen-bond acceptors (Lipinski definition) is 5. The van der Waals surface area contributed by atoms with Crippen molar-refractivity contribution in [3.8, 4) is 0 Å². The fourth-order valence-electron chi connectivity index (χ4n) is 1.95. The minimum Gasteiger partial charge on any atom is -0.457 e. The summed E-state index contributed by atoms with van der Waals surface area (Å²) in [6.45, 7) is 3.66. The quantitative estimate of drug-likeness (QED) is 0.104. The van der Waals surface area contributed by atoms with E-state index in [1.54, 1.807) is 68.1 Å². The molecular weight excluding hydrogens is 610 g/mol. The van der Waals surface area contributed by atoms with Gasteiger partial charge in [0.05, 0.1) is 0 Å². The van der Waals surface area contributed by atoms with E-state index < -0.39 is 26.8 Å². The Morgan fingerprint density at radius 3 is 1.46 bits per heavy atom. The Labute approximate surface area is 235 Å². The maximum Gasteiger partial charge on any atom is 0.0267 e. The molecule has 0 aliphatic heterocycles. The normalized spacial score (nSPS) is 8.36. The van der Waals surface area contributed by atoms with Gasteiger partial charge in [-0.1, -0.05) is 30.3 Å². The summed E-state index contributed by atoms with van der Waals surface area (Å²) in [5.74, 6) is -0.810. The van der Waals surface area contributed by atoms with Gasteiger partial charge in [0.2, 0.25) is 17.5 Å². The summed E-state index contributed by atoms with van der Waals surface area (Å²) in [4.78, 5) is 27.2. The van der Waals surface area contributed by atoms with Crippen molar-refractivity contribution in [3.05, 3.63) is 156 Å². The Morgan fingerprint density at radius 1 is 0.667 bits per heavy atom. The minimum atomic E-state index is -1.93. The maximum atomic E-state index is 12.2. The summed E-state index contributed by atoms with van der Waals surface area (Å²) >= 11 is -1.93. The van der Waals surface area contributed by atoms with Gasteiger partial charge >= 0.3 is 26.9 Å². The predicted octanol–water partition coefficient (Wildman–Crippen LogP) is 5.51. The first-order valence-electron chi connectivity index (χ1n) is 10.7. The summed E-state index contributed by atoms with van der Waals surface area (Å²) in [6.07, 6.45) is 9.73. The second-order valence-electron chi connectivity index (χ2n) is 6.53. The molecule has 12 heteroatoms.